The summed E-state index contributed by atoms with van der Waals surface area (Å²) in [5, 5.41) is 3.10. The molecule has 2 rings (SSSR count). The van der Waals surface area contributed by atoms with Crippen LogP contribution in [-0.4, -0.2) is 15.9 Å². The normalized spacial score (nSPS) is 10.1. The van der Waals surface area contributed by atoms with Gasteiger partial charge in [0, 0.05) is 11.9 Å². The first-order valence-corrected chi connectivity index (χ1v) is 5.60. The number of hydrogen-bond acceptors (Lipinski definition) is 4. The fourth-order valence-corrected chi connectivity index (χ4v) is 1.49. The van der Waals surface area contributed by atoms with Crippen LogP contribution in [0.3, 0.4) is 0 Å². The molecule has 92 valence electrons. The van der Waals surface area contributed by atoms with Gasteiger partial charge in [0.1, 0.15) is 5.82 Å². The molecule has 0 bridgehead atoms. The van der Waals surface area contributed by atoms with Crippen molar-refractivity contribution in [3.8, 4) is 0 Å². The molecule has 0 fully saturated rings. The third-order valence-corrected chi connectivity index (χ3v) is 2.47. The molecule has 2 heterocycles. The van der Waals surface area contributed by atoms with Crippen molar-refractivity contribution in [2.75, 3.05) is 11.1 Å². The fraction of sp³-hybridized carbons (Fsp3) is 0.0833. The number of nitrogens with one attached hydrogen (secondary N) is 1. The highest BCUT2D eigenvalue weighted by Gasteiger charge is 2.12. The number of carbonyl (C=O) groups excluding carboxylic acids is 1. The van der Waals surface area contributed by atoms with Gasteiger partial charge in [-0.3, -0.25) is 4.79 Å². The molecule has 2 aromatic rings. The first kappa shape index (κ1) is 12.3. The Morgan fingerprint density at radius 3 is 2.78 bits per heavy atom. The van der Waals surface area contributed by atoms with Gasteiger partial charge in [0.25, 0.3) is 5.91 Å². The van der Waals surface area contributed by atoms with Crippen molar-refractivity contribution in [3.63, 3.8) is 0 Å². The highest BCUT2D eigenvalue weighted by atomic mass is 35.5. The SMILES string of the molecule is Cc1ccc(N)c(C(=O)Nc2ccc(Cl)cn2)n1. The van der Waals surface area contributed by atoms with E-state index in [4.69, 9.17) is 17.3 Å². The lowest BCUT2D eigenvalue weighted by Crippen LogP contribution is -2.17. The number of halogens is 1. The van der Waals surface area contributed by atoms with E-state index in [2.05, 4.69) is 15.3 Å². The van der Waals surface area contributed by atoms with Crippen LogP contribution >= 0.6 is 11.6 Å². The number of hydrogen-bond donors (Lipinski definition) is 2. The number of aromatic nitrogens is 2. The number of pyridine rings is 2. The van der Waals surface area contributed by atoms with Gasteiger partial charge in [0.15, 0.2) is 5.69 Å². The van der Waals surface area contributed by atoms with Gasteiger partial charge < -0.3 is 11.1 Å². The Balaban J connectivity index is 2.21. The van der Waals surface area contributed by atoms with Crippen LogP contribution in [-0.2, 0) is 0 Å². The van der Waals surface area contributed by atoms with Crippen LogP contribution in [0.5, 0.6) is 0 Å². The highest BCUT2D eigenvalue weighted by molar-refractivity contribution is 6.30. The summed E-state index contributed by atoms with van der Waals surface area (Å²) < 4.78 is 0. The average molecular weight is 263 g/mol. The first-order valence-electron chi connectivity index (χ1n) is 5.22. The summed E-state index contributed by atoms with van der Waals surface area (Å²) >= 11 is 5.70. The maximum atomic E-state index is 11.9. The molecule has 0 saturated heterocycles. The minimum Gasteiger partial charge on any atom is -0.397 e. The lowest BCUT2D eigenvalue weighted by Gasteiger charge is -2.06. The second-order valence-corrected chi connectivity index (χ2v) is 4.14. The van der Waals surface area contributed by atoms with Crippen LogP contribution in [0.2, 0.25) is 5.02 Å². The van der Waals surface area contributed by atoms with E-state index in [9.17, 15) is 4.79 Å². The zero-order chi connectivity index (χ0) is 13.1. The minimum absolute atomic E-state index is 0.187. The van der Waals surface area contributed by atoms with Crippen molar-refractivity contribution in [2.45, 2.75) is 6.92 Å². The summed E-state index contributed by atoms with van der Waals surface area (Å²) in [4.78, 5) is 20.0. The number of aryl methyl sites for hydroxylation is 1. The quantitative estimate of drug-likeness (QED) is 0.870. The van der Waals surface area contributed by atoms with Crippen molar-refractivity contribution in [1.29, 1.82) is 0 Å². The second-order valence-electron chi connectivity index (χ2n) is 3.71. The van der Waals surface area contributed by atoms with Crippen molar-refractivity contribution < 1.29 is 4.79 Å². The number of nitrogen functional groups attached to an aromatic ring is 1. The fourth-order valence-electron chi connectivity index (χ4n) is 1.37. The van der Waals surface area contributed by atoms with Crippen LogP contribution in [0.4, 0.5) is 11.5 Å². The van der Waals surface area contributed by atoms with Gasteiger partial charge in [-0.2, -0.15) is 0 Å². The Morgan fingerprint density at radius 1 is 1.33 bits per heavy atom. The highest BCUT2D eigenvalue weighted by Crippen LogP contribution is 2.13. The van der Waals surface area contributed by atoms with E-state index in [1.54, 1.807) is 31.2 Å². The molecule has 5 nitrogen and oxygen atoms in total. The molecule has 0 unspecified atom stereocenters. The maximum absolute atomic E-state index is 11.9. The number of carbonyl (C=O) groups is 1. The van der Waals surface area contributed by atoms with E-state index >= 15 is 0 Å². The molecule has 18 heavy (non-hydrogen) atoms. The smallest absolute Gasteiger partial charge is 0.277 e. The maximum Gasteiger partial charge on any atom is 0.277 e. The molecule has 0 aliphatic heterocycles. The molecule has 0 radical (unpaired) electrons. The van der Waals surface area contributed by atoms with Crippen LogP contribution in [0, 0.1) is 6.92 Å². The Bertz CT molecular complexity index is 583. The molecule has 3 N–H and O–H groups in total. The van der Waals surface area contributed by atoms with Crippen molar-refractivity contribution in [3.05, 3.63) is 46.9 Å². The van der Waals surface area contributed by atoms with Gasteiger partial charge in [-0.15, -0.1) is 0 Å². The van der Waals surface area contributed by atoms with E-state index in [1.165, 1.54) is 6.20 Å². The molecule has 0 saturated carbocycles. The number of nitrogens with zero attached hydrogens (tertiary/aromatic N) is 2. The summed E-state index contributed by atoms with van der Waals surface area (Å²) in [6.07, 6.45) is 1.45. The van der Waals surface area contributed by atoms with Gasteiger partial charge in [-0.1, -0.05) is 11.6 Å². The molecule has 0 aliphatic rings. The number of amides is 1. The second kappa shape index (κ2) is 5.01. The molecule has 0 aromatic carbocycles. The zero-order valence-corrected chi connectivity index (χ0v) is 10.4. The van der Waals surface area contributed by atoms with Crippen molar-refractivity contribution in [2.24, 2.45) is 0 Å². The largest absolute Gasteiger partial charge is 0.397 e. The van der Waals surface area contributed by atoms with E-state index < -0.39 is 5.91 Å². The minimum atomic E-state index is -0.397. The Kier molecular flexibility index (Phi) is 3.43. The summed E-state index contributed by atoms with van der Waals surface area (Å²) in [5.74, 6) is -0.00173. The Morgan fingerprint density at radius 2 is 2.11 bits per heavy atom. The van der Waals surface area contributed by atoms with E-state index in [1.807, 2.05) is 0 Å². The van der Waals surface area contributed by atoms with E-state index in [0.717, 1.165) is 5.69 Å². The molecule has 2 aromatic heterocycles. The predicted octanol–water partition coefficient (Wildman–Crippen LogP) is 2.27. The predicted molar refractivity (Wildman–Crippen MR) is 70.6 cm³/mol. The van der Waals surface area contributed by atoms with Crippen LogP contribution in [0.15, 0.2) is 30.5 Å². The monoisotopic (exact) mass is 262 g/mol. The summed E-state index contributed by atoms with van der Waals surface area (Å²) in [6.45, 7) is 1.79. The van der Waals surface area contributed by atoms with Gasteiger partial charge >= 0.3 is 0 Å². The molecule has 0 atom stereocenters. The van der Waals surface area contributed by atoms with Crippen LogP contribution < -0.4 is 11.1 Å². The van der Waals surface area contributed by atoms with Crippen LogP contribution in [0.25, 0.3) is 0 Å². The number of rotatable bonds is 2. The third kappa shape index (κ3) is 2.75. The zero-order valence-electron chi connectivity index (χ0n) is 9.64. The van der Waals surface area contributed by atoms with Crippen molar-refractivity contribution in [1.82, 2.24) is 9.97 Å². The van der Waals surface area contributed by atoms with Crippen LogP contribution in [0.1, 0.15) is 16.2 Å². The molecular formula is C12H11ClN4O. The van der Waals surface area contributed by atoms with E-state index in [-0.39, 0.29) is 5.69 Å². The van der Waals surface area contributed by atoms with Crippen molar-refractivity contribution >= 4 is 29.0 Å². The number of anilines is 2. The number of nitrogens with two attached hydrogens (primary N) is 1. The molecule has 0 aliphatic carbocycles. The van der Waals surface area contributed by atoms with E-state index in [0.29, 0.717) is 16.5 Å². The standard InChI is InChI=1S/C12H11ClN4O/c1-7-2-4-9(14)11(16-7)12(18)17-10-5-3-8(13)6-15-10/h2-6H,14H2,1H3,(H,15,17,18). The third-order valence-electron chi connectivity index (χ3n) is 2.25. The summed E-state index contributed by atoms with van der Waals surface area (Å²) in [7, 11) is 0. The van der Waals surface area contributed by atoms with Gasteiger partial charge in [0.05, 0.1) is 10.7 Å². The molecular weight excluding hydrogens is 252 g/mol. The van der Waals surface area contributed by atoms with Gasteiger partial charge in [-0.05, 0) is 31.2 Å². The average Bonchev–Trinajstić information content (AvgIpc) is 2.35. The lowest BCUT2D eigenvalue weighted by molar-refractivity contribution is 0.102. The van der Waals surface area contributed by atoms with Gasteiger partial charge in [-0.25, -0.2) is 9.97 Å². The molecule has 6 heteroatoms. The Labute approximate surface area is 109 Å². The first-order chi connectivity index (χ1) is 8.56. The molecule has 1 amide bonds. The lowest BCUT2D eigenvalue weighted by atomic mass is 10.2. The topological polar surface area (TPSA) is 80.9 Å². The summed E-state index contributed by atoms with van der Waals surface area (Å²) in [5.41, 5.74) is 6.94. The van der Waals surface area contributed by atoms with Gasteiger partial charge in [0.2, 0.25) is 0 Å². The molecule has 0 spiro atoms. The Hall–Kier alpha value is -2.14. The summed E-state index contributed by atoms with van der Waals surface area (Å²) in [6, 6.07) is 6.63.